The van der Waals surface area contributed by atoms with Crippen molar-refractivity contribution in [2.75, 3.05) is 13.2 Å². The van der Waals surface area contributed by atoms with Crippen LogP contribution in [-0.4, -0.2) is 36.1 Å². The Bertz CT molecular complexity index is 650. The van der Waals surface area contributed by atoms with Crippen LogP contribution >= 0.6 is 0 Å². The van der Waals surface area contributed by atoms with Gasteiger partial charge in [-0.3, -0.25) is 4.79 Å². The predicted octanol–water partition coefficient (Wildman–Crippen LogP) is 1.58. The third-order valence-electron chi connectivity index (χ3n) is 3.02. The summed E-state index contributed by atoms with van der Waals surface area (Å²) in [6.45, 7) is -0.270. The van der Waals surface area contributed by atoms with E-state index in [1.165, 1.54) is 0 Å². The zero-order valence-corrected chi connectivity index (χ0v) is 11.1. The Morgan fingerprint density at radius 2 is 2.00 bits per heavy atom. The van der Waals surface area contributed by atoms with E-state index in [1.54, 1.807) is 36.5 Å². The van der Waals surface area contributed by atoms with Crippen LogP contribution in [0.4, 0.5) is 0 Å². The first-order valence-corrected chi connectivity index (χ1v) is 6.46. The molecule has 0 fully saturated rings. The molecule has 1 atom stereocenters. The second-order valence-corrected chi connectivity index (χ2v) is 4.48. The van der Waals surface area contributed by atoms with Gasteiger partial charge in [-0.25, -0.2) is 4.79 Å². The van der Waals surface area contributed by atoms with Crippen LogP contribution in [0.15, 0.2) is 42.6 Å². The highest BCUT2D eigenvalue weighted by Gasteiger charge is 2.29. The molecule has 3 rings (SSSR count). The number of Topliss-reactive ketones (excluding diaryl/α,β-unsaturated/α-hetero) is 1. The lowest BCUT2D eigenvalue weighted by Gasteiger charge is -2.24. The number of esters is 1. The first-order chi connectivity index (χ1) is 10.2. The average Bonchev–Trinajstić information content (AvgIpc) is 3.06. The Labute approximate surface area is 120 Å². The summed E-state index contributed by atoms with van der Waals surface area (Å²) in [5.74, 6) is 0.153. The first-order valence-electron chi connectivity index (χ1n) is 6.46. The smallest absolute Gasteiger partial charge is 0.351 e. The monoisotopic (exact) mass is 287 g/mol. The van der Waals surface area contributed by atoms with Gasteiger partial charge in [0.05, 0.1) is 5.69 Å². The van der Waals surface area contributed by atoms with Crippen LogP contribution in [0.2, 0.25) is 0 Å². The van der Waals surface area contributed by atoms with Crippen molar-refractivity contribution in [3.05, 3.63) is 48.3 Å². The molecule has 0 radical (unpaired) electrons. The van der Waals surface area contributed by atoms with Gasteiger partial charge < -0.3 is 19.2 Å². The Morgan fingerprint density at radius 1 is 1.19 bits per heavy atom. The van der Waals surface area contributed by atoms with Crippen molar-refractivity contribution in [3.63, 3.8) is 0 Å². The second kappa shape index (κ2) is 5.70. The van der Waals surface area contributed by atoms with E-state index in [0.717, 1.165) is 0 Å². The highest BCUT2D eigenvalue weighted by Crippen LogP contribution is 2.31. The molecular formula is C15H13NO5. The van der Waals surface area contributed by atoms with Crippen molar-refractivity contribution in [1.29, 1.82) is 0 Å². The third kappa shape index (κ3) is 2.89. The third-order valence-corrected chi connectivity index (χ3v) is 3.02. The molecule has 1 aromatic carbocycles. The van der Waals surface area contributed by atoms with Crippen molar-refractivity contribution in [2.45, 2.75) is 6.10 Å². The van der Waals surface area contributed by atoms with E-state index in [0.29, 0.717) is 17.2 Å². The molecule has 0 aliphatic carbocycles. The van der Waals surface area contributed by atoms with Gasteiger partial charge in [0.25, 0.3) is 0 Å². The lowest BCUT2D eigenvalue weighted by Crippen LogP contribution is -2.38. The number of para-hydroxylation sites is 2. The maximum Gasteiger partial charge on any atom is 0.351 e. The number of hydrogen-bond acceptors (Lipinski definition) is 5. The van der Waals surface area contributed by atoms with E-state index in [1.807, 2.05) is 6.07 Å². The summed E-state index contributed by atoms with van der Waals surface area (Å²) >= 11 is 0. The lowest BCUT2D eigenvalue weighted by atomic mass is 10.2. The standard InChI is InChI=1S/C15H13NO5/c17-11(10-4-3-7-16-10)8-20-15(18)14-9-19-12-5-1-2-6-13(12)21-14/h1-7,14,16H,8-9H2. The number of ether oxygens (including phenoxy) is 3. The summed E-state index contributed by atoms with van der Waals surface area (Å²) in [5.41, 5.74) is 0.397. The highest BCUT2D eigenvalue weighted by atomic mass is 16.6. The number of hydrogen-bond donors (Lipinski definition) is 1. The minimum atomic E-state index is -0.864. The van der Waals surface area contributed by atoms with Gasteiger partial charge in [0.1, 0.15) is 6.61 Å². The van der Waals surface area contributed by atoms with Crippen LogP contribution < -0.4 is 9.47 Å². The number of aromatic nitrogens is 1. The van der Waals surface area contributed by atoms with Gasteiger partial charge in [-0.05, 0) is 24.3 Å². The summed E-state index contributed by atoms with van der Waals surface area (Å²) in [7, 11) is 0. The van der Waals surface area contributed by atoms with E-state index >= 15 is 0 Å². The fraction of sp³-hybridized carbons (Fsp3) is 0.200. The molecule has 21 heavy (non-hydrogen) atoms. The molecule has 0 saturated carbocycles. The van der Waals surface area contributed by atoms with Gasteiger partial charge in [-0.1, -0.05) is 12.1 Å². The number of aromatic amines is 1. The fourth-order valence-corrected chi connectivity index (χ4v) is 1.95. The van der Waals surface area contributed by atoms with Crippen LogP contribution in [0, 0.1) is 0 Å². The van der Waals surface area contributed by atoms with E-state index in [4.69, 9.17) is 14.2 Å². The number of fused-ring (bicyclic) bond motifs is 1. The van der Waals surface area contributed by atoms with Crippen molar-refractivity contribution < 1.29 is 23.8 Å². The molecule has 0 amide bonds. The molecule has 1 aliphatic heterocycles. The van der Waals surface area contributed by atoms with Gasteiger partial charge in [0, 0.05) is 6.20 Å². The Morgan fingerprint density at radius 3 is 2.76 bits per heavy atom. The quantitative estimate of drug-likeness (QED) is 0.682. The Kier molecular flexibility index (Phi) is 3.59. The molecule has 0 bridgehead atoms. The van der Waals surface area contributed by atoms with Gasteiger partial charge in [-0.15, -0.1) is 0 Å². The van der Waals surface area contributed by atoms with E-state index in [-0.39, 0.29) is 19.0 Å². The van der Waals surface area contributed by atoms with Crippen molar-refractivity contribution in [1.82, 2.24) is 4.98 Å². The number of H-pyrrole nitrogens is 1. The van der Waals surface area contributed by atoms with E-state index < -0.39 is 12.1 Å². The number of ketones is 1. The van der Waals surface area contributed by atoms with Gasteiger partial charge in [0.15, 0.2) is 18.1 Å². The Balaban J connectivity index is 1.56. The number of nitrogens with one attached hydrogen (secondary N) is 1. The van der Waals surface area contributed by atoms with Gasteiger partial charge >= 0.3 is 5.97 Å². The second-order valence-electron chi connectivity index (χ2n) is 4.48. The number of carbonyl (C=O) groups excluding carboxylic acids is 2. The minimum absolute atomic E-state index is 0.0620. The molecule has 6 nitrogen and oxygen atoms in total. The highest BCUT2D eigenvalue weighted by molar-refractivity contribution is 5.96. The van der Waals surface area contributed by atoms with Crippen molar-refractivity contribution >= 4 is 11.8 Å². The summed E-state index contributed by atoms with van der Waals surface area (Å²) in [6.07, 6.45) is 0.765. The van der Waals surface area contributed by atoms with Crippen LogP contribution in [0.3, 0.4) is 0 Å². The minimum Gasteiger partial charge on any atom is -0.485 e. The average molecular weight is 287 g/mol. The first kappa shape index (κ1) is 13.2. The van der Waals surface area contributed by atoms with Gasteiger partial charge in [-0.2, -0.15) is 0 Å². The summed E-state index contributed by atoms with van der Waals surface area (Å²) in [6, 6.07) is 10.4. The Hall–Kier alpha value is -2.76. The van der Waals surface area contributed by atoms with Crippen LogP contribution in [0.1, 0.15) is 10.5 Å². The molecule has 6 heteroatoms. The van der Waals surface area contributed by atoms with Crippen LogP contribution in [0.25, 0.3) is 0 Å². The molecule has 2 aromatic rings. The maximum absolute atomic E-state index is 11.9. The van der Waals surface area contributed by atoms with Gasteiger partial charge in [0.2, 0.25) is 11.9 Å². The molecule has 1 unspecified atom stereocenters. The molecule has 1 N–H and O–H groups in total. The van der Waals surface area contributed by atoms with Crippen molar-refractivity contribution in [3.8, 4) is 11.5 Å². The zero-order chi connectivity index (χ0) is 14.7. The van der Waals surface area contributed by atoms with Crippen molar-refractivity contribution in [2.24, 2.45) is 0 Å². The predicted molar refractivity (Wildman–Crippen MR) is 72.4 cm³/mol. The number of benzene rings is 1. The zero-order valence-electron chi connectivity index (χ0n) is 11.1. The number of carbonyl (C=O) groups is 2. The van der Waals surface area contributed by atoms with Crippen LogP contribution in [-0.2, 0) is 9.53 Å². The molecule has 0 spiro atoms. The lowest BCUT2D eigenvalue weighted by molar-refractivity contribution is -0.153. The molecule has 108 valence electrons. The molecule has 2 heterocycles. The maximum atomic E-state index is 11.9. The SMILES string of the molecule is O=C(COC(=O)C1COc2ccccc2O1)c1ccc[nH]1. The summed E-state index contributed by atoms with van der Waals surface area (Å²) < 4.78 is 15.9. The normalized spacial score (nSPS) is 16.3. The van der Waals surface area contributed by atoms with E-state index in [9.17, 15) is 9.59 Å². The van der Waals surface area contributed by atoms with E-state index in [2.05, 4.69) is 4.98 Å². The topological polar surface area (TPSA) is 77.6 Å². The molecule has 1 aromatic heterocycles. The molecular weight excluding hydrogens is 274 g/mol. The summed E-state index contributed by atoms with van der Waals surface area (Å²) in [5, 5.41) is 0. The molecule has 0 saturated heterocycles. The largest absolute Gasteiger partial charge is 0.485 e. The number of rotatable bonds is 4. The molecule has 1 aliphatic rings. The summed E-state index contributed by atoms with van der Waals surface area (Å²) in [4.78, 5) is 26.4. The fourth-order valence-electron chi connectivity index (χ4n) is 1.95. The van der Waals surface area contributed by atoms with Crippen LogP contribution in [0.5, 0.6) is 11.5 Å².